The Bertz CT molecular complexity index is 452. The number of pyridine rings is 1. The fraction of sp³-hybridized carbons (Fsp3) is 0.625. The van der Waals surface area contributed by atoms with Crippen molar-refractivity contribution in [2.24, 2.45) is 5.92 Å². The Morgan fingerprint density at radius 3 is 2.67 bits per heavy atom. The molecular formula is C16H23N3O2. The highest BCUT2D eigenvalue weighted by Gasteiger charge is 2.29. The zero-order valence-electron chi connectivity index (χ0n) is 12.4. The fourth-order valence-corrected chi connectivity index (χ4v) is 3.13. The SMILES string of the molecule is O=C(C1CCN(Cc2cccnc2)CC1)N1CCOCC1. The number of rotatable bonds is 3. The van der Waals surface area contributed by atoms with E-state index in [4.69, 9.17) is 4.74 Å². The predicted molar refractivity (Wildman–Crippen MR) is 79.6 cm³/mol. The van der Waals surface area contributed by atoms with Gasteiger partial charge in [-0.1, -0.05) is 6.07 Å². The highest BCUT2D eigenvalue weighted by molar-refractivity contribution is 5.79. The summed E-state index contributed by atoms with van der Waals surface area (Å²) in [4.78, 5) is 21.0. The number of amides is 1. The van der Waals surface area contributed by atoms with Crippen LogP contribution in [0.5, 0.6) is 0 Å². The number of ether oxygens (including phenoxy) is 1. The maximum Gasteiger partial charge on any atom is 0.225 e. The Balaban J connectivity index is 1.47. The monoisotopic (exact) mass is 289 g/mol. The van der Waals surface area contributed by atoms with Crippen LogP contribution in [-0.4, -0.2) is 60.1 Å². The van der Waals surface area contributed by atoms with Crippen LogP contribution in [0.2, 0.25) is 0 Å². The molecule has 21 heavy (non-hydrogen) atoms. The Kier molecular flexibility index (Phi) is 4.83. The summed E-state index contributed by atoms with van der Waals surface area (Å²) in [7, 11) is 0. The van der Waals surface area contributed by atoms with Gasteiger partial charge in [0.15, 0.2) is 0 Å². The molecule has 0 saturated carbocycles. The van der Waals surface area contributed by atoms with E-state index in [2.05, 4.69) is 16.0 Å². The first-order chi connectivity index (χ1) is 10.3. The third-order valence-corrected chi connectivity index (χ3v) is 4.39. The number of carbonyl (C=O) groups is 1. The van der Waals surface area contributed by atoms with Gasteiger partial charge in [0.25, 0.3) is 0 Å². The van der Waals surface area contributed by atoms with Gasteiger partial charge in [0.1, 0.15) is 0 Å². The number of morpholine rings is 1. The molecule has 5 nitrogen and oxygen atoms in total. The average molecular weight is 289 g/mol. The highest BCUT2D eigenvalue weighted by Crippen LogP contribution is 2.21. The minimum absolute atomic E-state index is 0.202. The normalized spacial score (nSPS) is 21.4. The number of carbonyl (C=O) groups excluding carboxylic acids is 1. The van der Waals surface area contributed by atoms with Gasteiger partial charge in [0.2, 0.25) is 5.91 Å². The number of nitrogens with zero attached hydrogens (tertiary/aromatic N) is 3. The van der Waals surface area contributed by atoms with Crippen LogP contribution in [0.4, 0.5) is 0 Å². The molecule has 2 fully saturated rings. The van der Waals surface area contributed by atoms with Crippen LogP contribution in [0.1, 0.15) is 18.4 Å². The van der Waals surface area contributed by atoms with E-state index in [9.17, 15) is 4.79 Å². The second-order valence-electron chi connectivity index (χ2n) is 5.85. The number of likely N-dealkylation sites (tertiary alicyclic amines) is 1. The molecule has 0 spiro atoms. The van der Waals surface area contributed by atoms with Crippen LogP contribution < -0.4 is 0 Å². The summed E-state index contributed by atoms with van der Waals surface area (Å²) in [6.07, 6.45) is 5.66. The number of hydrogen-bond acceptors (Lipinski definition) is 4. The molecule has 0 aromatic carbocycles. The van der Waals surface area contributed by atoms with Crippen molar-refractivity contribution < 1.29 is 9.53 Å². The van der Waals surface area contributed by atoms with Gasteiger partial charge >= 0.3 is 0 Å². The molecule has 2 saturated heterocycles. The Morgan fingerprint density at radius 2 is 2.00 bits per heavy atom. The van der Waals surface area contributed by atoms with Crippen molar-refractivity contribution in [1.29, 1.82) is 0 Å². The van der Waals surface area contributed by atoms with Gasteiger partial charge in [0.05, 0.1) is 13.2 Å². The Labute approximate surface area is 125 Å². The largest absolute Gasteiger partial charge is 0.378 e. The molecule has 5 heteroatoms. The first-order valence-corrected chi connectivity index (χ1v) is 7.81. The number of piperidine rings is 1. The van der Waals surface area contributed by atoms with E-state index >= 15 is 0 Å². The Morgan fingerprint density at radius 1 is 1.24 bits per heavy atom. The fourth-order valence-electron chi connectivity index (χ4n) is 3.13. The van der Waals surface area contributed by atoms with Gasteiger partial charge < -0.3 is 9.64 Å². The molecule has 0 bridgehead atoms. The number of aromatic nitrogens is 1. The minimum atomic E-state index is 0.202. The smallest absolute Gasteiger partial charge is 0.225 e. The molecule has 0 unspecified atom stereocenters. The topological polar surface area (TPSA) is 45.7 Å². The van der Waals surface area contributed by atoms with E-state index in [1.54, 1.807) is 6.20 Å². The molecule has 3 heterocycles. The van der Waals surface area contributed by atoms with Crippen LogP contribution in [-0.2, 0) is 16.1 Å². The zero-order valence-corrected chi connectivity index (χ0v) is 12.4. The van der Waals surface area contributed by atoms with Crippen molar-refractivity contribution in [3.05, 3.63) is 30.1 Å². The van der Waals surface area contributed by atoms with Gasteiger partial charge in [-0.2, -0.15) is 0 Å². The highest BCUT2D eigenvalue weighted by atomic mass is 16.5. The third-order valence-electron chi connectivity index (χ3n) is 4.39. The van der Waals surface area contributed by atoms with Crippen molar-refractivity contribution in [3.63, 3.8) is 0 Å². The molecule has 1 aromatic heterocycles. The molecule has 0 N–H and O–H groups in total. The summed E-state index contributed by atoms with van der Waals surface area (Å²) >= 11 is 0. The predicted octanol–water partition coefficient (Wildman–Crippen LogP) is 1.15. The van der Waals surface area contributed by atoms with Crippen LogP contribution >= 0.6 is 0 Å². The lowest BCUT2D eigenvalue weighted by Crippen LogP contribution is -2.46. The standard InChI is InChI=1S/C16H23N3O2/c20-16(19-8-10-21-11-9-19)15-3-6-18(7-4-15)13-14-2-1-5-17-12-14/h1-2,5,12,15H,3-4,6-11,13H2. The summed E-state index contributed by atoms with van der Waals surface area (Å²) in [5.41, 5.74) is 1.25. The van der Waals surface area contributed by atoms with Crippen molar-refractivity contribution in [1.82, 2.24) is 14.8 Å². The zero-order chi connectivity index (χ0) is 14.5. The first kappa shape index (κ1) is 14.5. The van der Waals surface area contributed by atoms with Gasteiger partial charge in [0, 0.05) is 37.9 Å². The summed E-state index contributed by atoms with van der Waals surface area (Å²) < 4.78 is 5.31. The average Bonchev–Trinajstić information content (AvgIpc) is 2.57. The van der Waals surface area contributed by atoms with Crippen LogP contribution in [0.3, 0.4) is 0 Å². The van der Waals surface area contributed by atoms with Crippen molar-refractivity contribution in [2.75, 3.05) is 39.4 Å². The second-order valence-corrected chi connectivity index (χ2v) is 5.85. The number of hydrogen-bond donors (Lipinski definition) is 0. The van der Waals surface area contributed by atoms with Crippen LogP contribution in [0, 0.1) is 5.92 Å². The molecule has 0 radical (unpaired) electrons. The minimum Gasteiger partial charge on any atom is -0.378 e. The molecular weight excluding hydrogens is 266 g/mol. The lowest BCUT2D eigenvalue weighted by molar-refractivity contribution is -0.141. The lowest BCUT2D eigenvalue weighted by atomic mass is 9.95. The molecule has 2 aliphatic rings. The van der Waals surface area contributed by atoms with E-state index in [0.29, 0.717) is 19.1 Å². The molecule has 114 valence electrons. The summed E-state index contributed by atoms with van der Waals surface area (Å²) in [6.45, 7) is 5.82. The van der Waals surface area contributed by atoms with E-state index in [1.807, 2.05) is 17.2 Å². The Hall–Kier alpha value is -1.46. The quantitative estimate of drug-likeness (QED) is 0.837. The van der Waals surface area contributed by atoms with E-state index in [-0.39, 0.29) is 5.92 Å². The summed E-state index contributed by atoms with van der Waals surface area (Å²) in [5.74, 6) is 0.535. The maximum atomic E-state index is 12.5. The lowest BCUT2D eigenvalue weighted by Gasteiger charge is -2.35. The van der Waals surface area contributed by atoms with Gasteiger partial charge in [-0.05, 0) is 37.6 Å². The van der Waals surface area contributed by atoms with Crippen molar-refractivity contribution in [2.45, 2.75) is 19.4 Å². The van der Waals surface area contributed by atoms with Gasteiger partial charge in [-0.3, -0.25) is 14.7 Å². The van der Waals surface area contributed by atoms with E-state index in [1.165, 1.54) is 5.56 Å². The van der Waals surface area contributed by atoms with E-state index < -0.39 is 0 Å². The van der Waals surface area contributed by atoms with Crippen LogP contribution in [0.25, 0.3) is 0 Å². The summed E-state index contributed by atoms with van der Waals surface area (Å²) in [6, 6.07) is 4.09. The third kappa shape index (κ3) is 3.80. The van der Waals surface area contributed by atoms with Crippen LogP contribution in [0.15, 0.2) is 24.5 Å². The van der Waals surface area contributed by atoms with E-state index in [0.717, 1.165) is 45.6 Å². The first-order valence-electron chi connectivity index (χ1n) is 7.81. The summed E-state index contributed by atoms with van der Waals surface area (Å²) in [5, 5.41) is 0. The molecule has 3 rings (SSSR count). The molecule has 1 amide bonds. The molecule has 1 aromatic rings. The van der Waals surface area contributed by atoms with Crippen molar-refractivity contribution in [3.8, 4) is 0 Å². The van der Waals surface area contributed by atoms with Gasteiger partial charge in [-0.25, -0.2) is 0 Å². The maximum absolute atomic E-state index is 12.5. The molecule has 0 aliphatic carbocycles. The van der Waals surface area contributed by atoms with Crippen molar-refractivity contribution >= 4 is 5.91 Å². The second kappa shape index (κ2) is 7.00. The van der Waals surface area contributed by atoms with Gasteiger partial charge in [-0.15, -0.1) is 0 Å². The molecule has 0 atom stereocenters. The molecule has 2 aliphatic heterocycles.